The molecule has 3 nitrogen and oxygen atoms in total. The van der Waals surface area contributed by atoms with Crippen molar-refractivity contribution in [2.24, 2.45) is 0 Å². The second-order valence-electron chi connectivity index (χ2n) is 12.5. The molecule has 1 aromatic heterocycles. The van der Waals surface area contributed by atoms with E-state index in [1.807, 2.05) is 0 Å². The standard InChI is InChI=1S/C37H48N3.BF4/c1-4-7-10-13-25-38-28-19-16-21-30-34(28)37-35-29(38)20-17-22-31(35)40(27-15-12-9-6-3)33-24-18-23-32(36(33)37)39(30)26-14-11-8-5-2;2-1(3,4)5/h16-24H,4-15,25-27H2,1-3H3;/q+1;-1. The summed E-state index contributed by atoms with van der Waals surface area (Å²) in [6.07, 6.45) is 15.4. The number of hydrogen-bond acceptors (Lipinski definition) is 0. The zero-order valence-electron chi connectivity index (χ0n) is 27.2. The fourth-order valence-electron chi connectivity index (χ4n) is 7.28. The van der Waals surface area contributed by atoms with Crippen molar-refractivity contribution in [2.75, 3.05) is 0 Å². The Balaban J connectivity index is 0.000000743. The van der Waals surface area contributed by atoms with Crippen LogP contribution in [0.5, 0.6) is 0 Å². The highest BCUT2D eigenvalue weighted by Crippen LogP contribution is 2.47. The van der Waals surface area contributed by atoms with Crippen LogP contribution < -0.4 is 4.57 Å². The van der Waals surface area contributed by atoms with Gasteiger partial charge >= 0.3 is 7.25 Å². The lowest BCUT2D eigenvalue weighted by molar-refractivity contribution is -0.645. The molecule has 0 N–H and O–H groups in total. The summed E-state index contributed by atoms with van der Waals surface area (Å²) < 4.78 is 47.0. The van der Waals surface area contributed by atoms with Crippen LogP contribution in [0.15, 0.2) is 54.6 Å². The average Bonchev–Trinajstić information content (AvgIpc) is 3.02. The van der Waals surface area contributed by atoms with Gasteiger partial charge in [0.25, 0.3) is 0 Å². The third-order valence-electron chi connectivity index (χ3n) is 9.26. The number of aromatic nitrogens is 3. The molecule has 2 aliphatic rings. The summed E-state index contributed by atoms with van der Waals surface area (Å²) in [7, 11) is -6.00. The van der Waals surface area contributed by atoms with Crippen LogP contribution in [-0.4, -0.2) is 16.4 Å². The summed E-state index contributed by atoms with van der Waals surface area (Å²) in [4.78, 5) is 0. The highest BCUT2D eigenvalue weighted by Gasteiger charge is 2.31. The van der Waals surface area contributed by atoms with Gasteiger partial charge in [-0.2, -0.15) is 4.57 Å². The Morgan fingerprint density at radius 2 is 0.911 bits per heavy atom. The Bertz CT molecular complexity index is 1670. The molecule has 0 spiro atoms. The Kier molecular flexibility index (Phi) is 10.9. The molecule has 0 radical (unpaired) electrons. The van der Waals surface area contributed by atoms with E-state index < -0.39 is 7.25 Å². The minimum atomic E-state index is -6.00. The molecule has 45 heavy (non-hydrogen) atoms. The van der Waals surface area contributed by atoms with Gasteiger partial charge < -0.3 is 26.4 Å². The zero-order chi connectivity index (χ0) is 32.0. The van der Waals surface area contributed by atoms with Crippen LogP contribution in [0.1, 0.15) is 97.8 Å². The molecule has 0 unspecified atom stereocenters. The number of nitrogens with zero attached hydrogens (tertiary/aromatic N) is 3. The van der Waals surface area contributed by atoms with Gasteiger partial charge in [0.05, 0.1) is 32.8 Å². The molecular formula is C37H48BF4N3. The molecular weight excluding hydrogens is 573 g/mol. The van der Waals surface area contributed by atoms with Gasteiger partial charge in [0.15, 0.2) is 0 Å². The fraction of sp³-hybridized carbons (Fsp3) is 0.486. The monoisotopic (exact) mass is 621 g/mol. The smallest absolute Gasteiger partial charge is 0.418 e. The van der Waals surface area contributed by atoms with Crippen LogP contribution in [-0.2, 0) is 19.6 Å². The first-order valence-electron chi connectivity index (χ1n) is 17.3. The molecule has 4 aromatic rings. The number of benzene rings is 3. The lowest BCUT2D eigenvalue weighted by atomic mass is 9.89. The molecule has 0 amide bonds. The minimum absolute atomic E-state index is 1.09. The van der Waals surface area contributed by atoms with Gasteiger partial charge in [-0.1, -0.05) is 90.3 Å². The summed E-state index contributed by atoms with van der Waals surface area (Å²) in [5.74, 6) is 0. The molecule has 0 aliphatic carbocycles. The van der Waals surface area contributed by atoms with Crippen molar-refractivity contribution in [1.82, 2.24) is 9.13 Å². The topological polar surface area (TPSA) is 13.7 Å². The van der Waals surface area contributed by atoms with Gasteiger partial charge in [0, 0.05) is 42.8 Å². The van der Waals surface area contributed by atoms with E-state index in [2.05, 4.69) is 89.1 Å². The first kappa shape index (κ1) is 33.1. The van der Waals surface area contributed by atoms with Gasteiger partial charge in [0.2, 0.25) is 11.0 Å². The summed E-state index contributed by atoms with van der Waals surface area (Å²) in [6, 6.07) is 21.3. The number of aryl methyl sites for hydroxylation is 3. The molecule has 6 rings (SSSR count). The Morgan fingerprint density at radius 1 is 0.511 bits per heavy atom. The molecule has 242 valence electrons. The second kappa shape index (κ2) is 14.9. The summed E-state index contributed by atoms with van der Waals surface area (Å²) in [5, 5.41) is 2.94. The number of pyridine rings is 3. The predicted octanol–water partition coefficient (Wildman–Crippen LogP) is 11.8. The fourth-order valence-corrected chi connectivity index (χ4v) is 7.28. The summed E-state index contributed by atoms with van der Waals surface area (Å²) >= 11 is 0. The normalized spacial score (nSPS) is 12.3. The van der Waals surface area contributed by atoms with Crippen LogP contribution in [0, 0.1) is 0 Å². The highest BCUT2D eigenvalue weighted by atomic mass is 19.5. The molecule has 8 heteroatoms. The average molecular weight is 622 g/mol. The highest BCUT2D eigenvalue weighted by molar-refractivity contribution is 6.50. The molecule has 2 aliphatic heterocycles. The maximum Gasteiger partial charge on any atom is 0.673 e. The van der Waals surface area contributed by atoms with Gasteiger partial charge in [-0.15, -0.1) is 0 Å². The van der Waals surface area contributed by atoms with Gasteiger partial charge in [-0.3, -0.25) is 0 Å². The van der Waals surface area contributed by atoms with Crippen molar-refractivity contribution in [3.05, 3.63) is 54.6 Å². The van der Waals surface area contributed by atoms with Gasteiger partial charge in [-0.05, 0) is 43.5 Å². The van der Waals surface area contributed by atoms with Gasteiger partial charge in [-0.25, -0.2) is 0 Å². The summed E-state index contributed by atoms with van der Waals surface area (Å²) in [6.45, 7) is 10.2. The van der Waals surface area contributed by atoms with Crippen LogP contribution in [0.25, 0.3) is 55.0 Å². The lowest BCUT2D eigenvalue weighted by Crippen LogP contribution is -2.36. The quantitative estimate of drug-likeness (QED) is 0.0270. The van der Waals surface area contributed by atoms with Crippen LogP contribution in [0.3, 0.4) is 0 Å². The van der Waals surface area contributed by atoms with Crippen molar-refractivity contribution in [3.63, 3.8) is 0 Å². The molecule has 0 saturated carbocycles. The van der Waals surface area contributed by atoms with E-state index in [0.717, 1.165) is 19.6 Å². The first-order valence-corrected chi connectivity index (χ1v) is 17.3. The summed E-state index contributed by atoms with van der Waals surface area (Å²) in [5.41, 5.74) is 11.4. The SMILES string of the molecule is CCCCCCn1c2cccc3c2-c2c4c1cccc4[n+](CCCCCC)c1cccc(c21)n3CCCCCC.F[B-](F)(F)F. The van der Waals surface area contributed by atoms with E-state index in [1.165, 1.54) is 132 Å². The Hall–Kier alpha value is -3.29. The maximum atomic E-state index is 9.75. The number of rotatable bonds is 15. The third-order valence-corrected chi connectivity index (χ3v) is 9.26. The van der Waals surface area contributed by atoms with Crippen molar-refractivity contribution in [1.29, 1.82) is 0 Å². The Labute approximate surface area is 265 Å². The third kappa shape index (κ3) is 7.10. The maximum absolute atomic E-state index is 9.75. The van der Waals surface area contributed by atoms with Crippen molar-refractivity contribution < 1.29 is 21.8 Å². The largest absolute Gasteiger partial charge is 0.673 e. The first-order chi connectivity index (χ1) is 21.8. The van der Waals surface area contributed by atoms with E-state index in [0.29, 0.717) is 0 Å². The van der Waals surface area contributed by atoms with E-state index in [-0.39, 0.29) is 0 Å². The number of halogens is 4. The molecule has 3 aromatic carbocycles. The molecule has 0 saturated heterocycles. The van der Waals surface area contributed by atoms with Crippen LogP contribution in [0.2, 0.25) is 0 Å². The van der Waals surface area contributed by atoms with Crippen molar-refractivity contribution in [3.8, 4) is 11.1 Å². The van der Waals surface area contributed by atoms with Crippen LogP contribution >= 0.6 is 0 Å². The minimum Gasteiger partial charge on any atom is -0.418 e. The molecule has 3 heterocycles. The lowest BCUT2D eigenvalue weighted by Gasteiger charge is -2.28. The van der Waals surface area contributed by atoms with Crippen molar-refractivity contribution in [2.45, 2.75) is 117 Å². The van der Waals surface area contributed by atoms with E-state index in [1.54, 1.807) is 0 Å². The Morgan fingerprint density at radius 3 is 1.36 bits per heavy atom. The molecule has 0 fully saturated rings. The molecule has 0 atom stereocenters. The second-order valence-corrected chi connectivity index (χ2v) is 12.5. The van der Waals surface area contributed by atoms with Gasteiger partial charge in [0.1, 0.15) is 6.54 Å². The zero-order valence-corrected chi connectivity index (χ0v) is 27.2. The van der Waals surface area contributed by atoms with E-state index in [4.69, 9.17) is 0 Å². The number of hydrogen-bond donors (Lipinski definition) is 0. The van der Waals surface area contributed by atoms with Crippen LogP contribution in [0.4, 0.5) is 17.3 Å². The van der Waals surface area contributed by atoms with Crippen molar-refractivity contribution >= 4 is 51.1 Å². The van der Waals surface area contributed by atoms with E-state index >= 15 is 0 Å². The molecule has 0 bridgehead atoms. The predicted molar refractivity (Wildman–Crippen MR) is 183 cm³/mol. The van der Waals surface area contributed by atoms with E-state index in [9.17, 15) is 17.3 Å². The number of unbranched alkanes of at least 4 members (excludes halogenated alkanes) is 9.